The van der Waals surface area contributed by atoms with Gasteiger partial charge in [0.15, 0.2) is 5.69 Å². The summed E-state index contributed by atoms with van der Waals surface area (Å²) in [4.78, 5) is 7.80. The van der Waals surface area contributed by atoms with Crippen LogP contribution in [0.2, 0.25) is 0 Å². The van der Waals surface area contributed by atoms with Crippen LogP contribution in [0.3, 0.4) is 0 Å². The van der Waals surface area contributed by atoms with Crippen molar-refractivity contribution in [2.45, 2.75) is 42.0 Å². The number of alkyl halides is 3. The first-order valence-corrected chi connectivity index (χ1v) is 9.22. The number of benzene rings is 1. The SMILES string of the molecule is COc1ccc2nc(C(F)(F)CCCC[C@@H]3C[C@H]3I)c(O)nc2c1. The minimum Gasteiger partial charge on any atom is -0.497 e. The summed E-state index contributed by atoms with van der Waals surface area (Å²) >= 11 is 2.40. The summed E-state index contributed by atoms with van der Waals surface area (Å²) in [7, 11) is 1.50. The molecule has 24 heavy (non-hydrogen) atoms. The van der Waals surface area contributed by atoms with Crippen LogP contribution < -0.4 is 4.74 Å². The van der Waals surface area contributed by atoms with Gasteiger partial charge in [-0.2, -0.15) is 8.78 Å². The molecule has 1 N–H and O–H groups in total. The molecule has 1 heterocycles. The summed E-state index contributed by atoms with van der Waals surface area (Å²) in [6.45, 7) is 0. The molecular formula is C17H19F2IN2O2. The van der Waals surface area contributed by atoms with E-state index >= 15 is 0 Å². The zero-order chi connectivity index (χ0) is 17.3. The van der Waals surface area contributed by atoms with Gasteiger partial charge in [0.1, 0.15) is 5.75 Å². The van der Waals surface area contributed by atoms with Crippen molar-refractivity contribution in [1.29, 1.82) is 0 Å². The summed E-state index contributed by atoms with van der Waals surface area (Å²) < 4.78 is 34.6. The Hall–Kier alpha value is -1.25. The van der Waals surface area contributed by atoms with Gasteiger partial charge in [0.05, 0.1) is 18.1 Å². The highest BCUT2D eigenvalue weighted by Gasteiger charge is 2.38. The van der Waals surface area contributed by atoms with Crippen LogP contribution in [-0.2, 0) is 5.92 Å². The molecule has 0 unspecified atom stereocenters. The summed E-state index contributed by atoms with van der Waals surface area (Å²) in [5.74, 6) is -2.67. The Morgan fingerprint density at radius 3 is 2.71 bits per heavy atom. The third-order valence-corrected chi connectivity index (χ3v) is 5.88. The summed E-state index contributed by atoms with van der Waals surface area (Å²) in [5.41, 5.74) is 0.000543. The third-order valence-electron chi connectivity index (χ3n) is 4.35. The topological polar surface area (TPSA) is 55.2 Å². The number of nitrogens with zero attached hydrogens (tertiary/aromatic N) is 2. The van der Waals surface area contributed by atoms with E-state index in [2.05, 4.69) is 32.6 Å². The molecule has 1 aromatic carbocycles. The normalized spacial score (nSPS) is 20.3. The Bertz CT molecular complexity index is 742. The fourth-order valence-electron chi connectivity index (χ4n) is 2.78. The van der Waals surface area contributed by atoms with Gasteiger partial charge < -0.3 is 9.84 Å². The molecule has 1 aliphatic rings. The standard InChI is InChI=1S/C17H19F2IN2O2/c1-24-11-5-6-13-14(9-11)22-16(23)15(21-13)17(18,19)7-3-2-4-10-8-12(10)20/h5-6,9-10,12H,2-4,7-8H2,1H3,(H,22,23)/t10-,12-/m1/s1. The smallest absolute Gasteiger partial charge is 0.295 e. The molecule has 2 aromatic rings. The average molecular weight is 448 g/mol. The van der Waals surface area contributed by atoms with Gasteiger partial charge in [-0.1, -0.05) is 29.0 Å². The number of ether oxygens (including phenoxy) is 1. The number of halogens is 3. The van der Waals surface area contributed by atoms with Gasteiger partial charge >= 0.3 is 0 Å². The van der Waals surface area contributed by atoms with Gasteiger partial charge in [0.25, 0.3) is 5.92 Å². The van der Waals surface area contributed by atoms with E-state index in [-0.39, 0.29) is 6.42 Å². The molecule has 7 heteroatoms. The number of rotatable bonds is 7. The fourth-order valence-corrected chi connectivity index (χ4v) is 3.79. The van der Waals surface area contributed by atoms with E-state index in [0.29, 0.717) is 29.1 Å². The summed E-state index contributed by atoms with van der Waals surface area (Å²) in [5, 5.41) is 9.90. The van der Waals surface area contributed by atoms with E-state index in [1.807, 2.05) is 0 Å². The molecule has 2 atom stereocenters. The first-order valence-electron chi connectivity index (χ1n) is 7.98. The lowest BCUT2D eigenvalue weighted by Gasteiger charge is -2.17. The van der Waals surface area contributed by atoms with Crippen LogP contribution in [-0.4, -0.2) is 26.1 Å². The fraction of sp³-hybridized carbons (Fsp3) is 0.529. The highest BCUT2D eigenvalue weighted by Crippen LogP contribution is 2.43. The van der Waals surface area contributed by atoms with Crippen molar-refractivity contribution >= 4 is 33.6 Å². The molecule has 3 rings (SSSR count). The van der Waals surface area contributed by atoms with Crippen molar-refractivity contribution in [1.82, 2.24) is 9.97 Å². The minimum absolute atomic E-state index is 0.314. The second-order valence-corrected chi connectivity index (χ2v) is 7.81. The molecule has 0 bridgehead atoms. The number of hydrogen-bond acceptors (Lipinski definition) is 4. The van der Waals surface area contributed by atoms with E-state index in [4.69, 9.17) is 4.74 Å². The molecule has 0 amide bonds. The molecule has 4 nitrogen and oxygen atoms in total. The zero-order valence-corrected chi connectivity index (χ0v) is 15.5. The number of hydrogen-bond donors (Lipinski definition) is 1. The number of methoxy groups -OCH3 is 1. The van der Waals surface area contributed by atoms with E-state index in [9.17, 15) is 13.9 Å². The first kappa shape index (κ1) is 17.6. The second kappa shape index (κ2) is 6.93. The largest absolute Gasteiger partial charge is 0.497 e. The quantitative estimate of drug-likeness (QED) is 0.375. The van der Waals surface area contributed by atoms with Crippen LogP contribution in [0.25, 0.3) is 11.0 Å². The molecule has 0 spiro atoms. The van der Waals surface area contributed by atoms with Crippen LogP contribution in [0, 0.1) is 5.92 Å². The van der Waals surface area contributed by atoms with E-state index in [1.54, 1.807) is 18.2 Å². The van der Waals surface area contributed by atoms with Gasteiger partial charge in [-0.25, -0.2) is 9.97 Å². The molecule has 0 aliphatic heterocycles. The Morgan fingerprint density at radius 1 is 1.29 bits per heavy atom. The second-order valence-electron chi connectivity index (χ2n) is 6.21. The number of fused-ring (bicyclic) bond motifs is 1. The lowest BCUT2D eigenvalue weighted by molar-refractivity contribution is -0.0225. The predicted molar refractivity (Wildman–Crippen MR) is 96.0 cm³/mol. The van der Waals surface area contributed by atoms with Crippen molar-refractivity contribution in [3.63, 3.8) is 0 Å². The zero-order valence-electron chi connectivity index (χ0n) is 13.3. The number of unbranched alkanes of at least 4 members (excludes halogenated alkanes) is 1. The lowest BCUT2D eigenvalue weighted by Crippen LogP contribution is -2.16. The molecule has 1 aliphatic carbocycles. The number of aromatic nitrogens is 2. The molecule has 1 aromatic heterocycles. The molecule has 1 saturated carbocycles. The number of aromatic hydroxyl groups is 1. The molecule has 1 fully saturated rings. The van der Waals surface area contributed by atoms with E-state index < -0.39 is 17.5 Å². The van der Waals surface area contributed by atoms with E-state index in [1.165, 1.54) is 13.5 Å². The Labute approximate surface area is 152 Å². The average Bonchev–Trinajstić information content (AvgIpc) is 3.25. The summed E-state index contributed by atoms with van der Waals surface area (Å²) in [6, 6.07) is 4.75. The maximum absolute atomic E-state index is 14.4. The van der Waals surface area contributed by atoms with Crippen LogP contribution in [0.15, 0.2) is 18.2 Å². The van der Waals surface area contributed by atoms with Crippen LogP contribution in [0.1, 0.15) is 37.8 Å². The minimum atomic E-state index is -3.18. The highest BCUT2D eigenvalue weighted by molar-refractivity contribution is 14.1. The van der Waals surface area contributed by atoms with Gasteiger partial charge in [-0.3, -0.25) is 0 Å². The maximum Gasteiger partial charge on any atom is 0.295 e. The van der Waals surface area contributed by atoms with Gasteiger partial charge in [0, 0.05) is 16.4 Å². The summed E-state index contributed by atoms with van der Waals surface area (Å²) in [6.07, 6.45) is 3.07. The first-order chi connectivity index (χ1) is 11.4. The van der Waals surface area contributed by atoms with Crippen molar-refractivity contribution in [3.05, 3.63) is 23.9 Å². The Balaban J connectivity index is 1.72. The molecule has 130 valence electrons. The van der Waals surface area contributed by atoms with Crippen LogP contribution >= 0.6 is 22.6 Å². The van der Waals surface area contributed by atoms with Gasteiger partial charge in [0.2, 0.25) is 5.88 Å². The van der Waals surface area contributed by atoms with Crippen molar-refractivity contribution in [2.24, 2.45) is 5.92 Å². The van der Waals surface area contributed by atoms with Gasteiger partial charge in [-0.05, 0) is 37.3 Å². The van der Waals surface area contributed by atoms with Crippen molar-refractivity contribution in [3.8, 4) is 11.6 Å². The third kappa shape index (κ3) is 3.87. The van der Waals surface area contributed by atoms with Crippen molar-refractivity contribution in [2.75, 3.05) is 7.11 Å². The lowest BCUT2D eigenvalue weighted by atomic mass is 10.1. The molecular weight excluding hydrogens is 429 g/mol. The van der Waals surface area contributed by atoms with Gasteiger partial charge in [-0.15, -0.1) is 0 Å². The maximum atomic E-state index is 14.4. The Kier molecular flexibility index (Phi) is 5.08. The Morgan fingerprint density at radius 2 is 2.04 bits per heavy atom. The highest BCUT2D eigenvalue weighted by atomic mass is 127. The van der Waals surface area contributed by atoms with Crippen LogP contribution in [0.4, 0.5) is 8.78 Å². The van der Waals surface area contributed by atoms with Crippen LogP contribution in [0.5, 0.6) is 11.6 Å². The van der Waals surface area contributed by atoms with Crippen molar-refractivity contribution < 1.29 is 18.6 Å². The molecule has 0 radical (unpaired) electrons. The predicted octanol–water partition coefficient (Wildman–Crippen LogP) is 4.82. The molecule has 0 saturated heterocycles. The van der Waals surface area contributed by atoms with E-state index in [0.717, 1.165) is 16.8 Å². The monoisotopic (exact) mass is 448 g/mol.